The van der Waals surface area contributed by atoms with E-state index in [1.54, 1.807) is 30.3 Å². The first-order chi connectivity index (χ1) is 18.7. The number of nitrogens with one attached hydrogen (secondary N) is 2. The fourth-order valence-corrected chi connectivity index (χ4v) is 7.21. The van der Waals surface area contributed by atoms with Crippen LogP contribution in [0.2, 0.25) is 10.0 Å². The maximum Gasteiger partial charge on any atom is 0.338 e. The lowest BCUT2D eigenvalue weighted by atomic mass is 9.69. The highest BCUT2D eigenvalue weighted by molar-refractivity contribution is 6.31. The summed E-state index contributed by atoms with van der Waals surface area (Å²) in [6, 6.07) is 11.9. The number of nitrogens with zero attached hydrogens (tertiary/aromatic N) is 2. The third-order valence-corrected chi connectivity index (χ3v) is 9.03. The van der Waals surface area contributed by atoms with Gasteiger partial charge in [0.25, 0.3) is 0 Å². The summed E-state index contributed by atoms with van der Waals surface area (Å²) in [7, 11) is 1.34. The second kappa shape index (κ2) is 8.52. The van der Waals surface area contributed by atoms with Crippen molar-refractivity contribution in [1.29, 1.82) is 0 Å². The number of hydrogen-bond donors (Lipinski definition) is 2. The van der Waals surface area contributed by atoms with E-state index >= 15 is 4.39 Å². The fourth-order valence-electron chi connectivity index (χ4n) is 6.86. The normalized spacial score (nSPS) is 24.9. The maximum absolute atomic E-state index is 15.8. The molecule has 7 nitrogen and oxygen atoms in total. The van der Waals surface area contributed by atoms with Gasteiger partial charge in [-0.25, -0.2) is 14.2 Å². The van der Waals surface area contributed by atoms with Crippen molar-refractivity contribution in [2.45, 2.75) is 43.2 Å². The number of amides is 1. The van der Waals surface area contributed by atoms with Gasteiger partial charge >= 0.3 is 5.97 Å². The minimum Gasteiger partial charge on any atom is -0.465 e. The number of esters is 1. The summed E-state index contributed by atoms with van der Waals surface area (Å²) in [5.41, 5.74) is 4.34. The molecule has 2 aliphatic heterocycles. The Hall–Kier alpha value is -3.46. The highest BCUT2D eigenvalue weighted by Crippen LogP contribution is 2.56. The van der Waals surface area contributed by atoms with E-state index < -0.39 is 23.2 Å². The molecule has 3 aliphatic rings. The molecule has 1 saturated heterocycles. The van der Waals surface area contributed by atoms with Gasteiger partial charge in [-0.15, -0.1) is 0 Å². The number of benzene rings is 2. The molecule has 10 heteroatoms. The van der Waals surface area contributed by atoms with Crippen LogP contribution in [0.1, 0.15) is 50.3 Å². The lowest BCUT2D eigenvalue weighted by Crippen LogP contribution is -2.59. The van der Waals surface area contributed by atoms with Crippen molar-refractivity contribution in [1.82, 2.24) is 14.7 Å². The molecular weight excluding hydrogens is 542 g/mol. The largest absolute Gasteiger partial charge is 0.465 e. The molecule has 2 N–H and O–H groups in total. The van der Waals surface area contributed by atoms with Crippen LogP contribution in [0.5, 0.6) is 0 Å². The smallest absolute Gasteiger partial charge is 0.338 e. The average Bonchev–Trinajstić information content (AvgIpc) is 3.52. The van der Waals surface area contributed by atoms with Crippen LogP contribution in [0.15, 0.2) is 48.7 Å². The van der Waals surface area contributed by atoms with Crippen molar-refractivity contribution < 1.29 is 18.7 Å². The zero-order valence-electron chi connectivity index (χ0n) is 21.0. The minimum atomic E-state index is -1.14. The van der Waals surface area contributed by atoms with Crippen LogP contribution in [-0.2, 0) is 22.4 Å². The van der Waals surface area contributed by atoms with Crippen LogP contribution in [0.4, 0.5) is 10.1 Å². The number of methoxy groups -OCH3 is 1. The van der Waals surface area contributed by atoms with Crippen molar-refractivity contribution in [3.63, 3.8) is 0 Å². The number of ether oxygens (including phenoxy) is 1. The van der Waals surface area contributed by atoms with E-state index in [4.69, 9.17) is 32.9 Å². The van der Waals surface area contributed by atoms with Crippen LogP contribution < -0.4 is 10.6 Å². The van der Waals surface area contributed by atoms with E-state index in [1.165, 1.54) is 13.2 Å². The van der Waals surface area contributed by atoms with Gasteiger partial charge in [-0.05, 0) is 47.9 Å². The van der Waals surface area contributed by atoms with Gasteiger partial charge in [-0.2, -0.15) is 0 Å². The Morgan fingerprint density at radius 3 is 2.85 bits per heavy atom. The number of pyridine rings is 1. The molecule has 1 spiro atoms. The van der Waals surface area contributed by atoms with Gasteiger partial charge in [0.05, 0.1) is 23.4 Å². The topological polar surface area (TPSA) is 84.7 Å². The molecule has 2 aromatic heterocycles. The Labute approximate surface area is 233 Å². The van der Waals surface area contributed by atoms with E-state index in [-0.39, 0.29) is 22.9 Å². The molecule has 0 unspecified atom stereocenters. The number of rotatable bonds is 2. The van der Waals surface area contributed by atoms with E-state index in [1.807, 2.05) is 23.6 Å². The molecule has 0 saturated carbocycles. The number of carbonyl (C=O) groups is 2. The Balaban J connectivity index is 1.42. The zero-order valence-corrected chi connectivity index (χ0v) is 22.5. The second-order valence-corrected chi connectivity index (χ2v) is 11.4. The standard InChI is InChI=1S/C29H23Cl2FN4O3/c1-13-12-36-21-10-20-23(26(21)34-22(36)9-17(13)27(37)39-2)24(16-4-3-5-18(31)25(16)32)29(35-20)11-14-6-7-15(30)8-19(14)33-28(29)38/h3-9,12,20,23-24,35H,10-11H2,1-2H3,(H,33,38)/t20-,23+,24-,29+/m0/s1. The van der Waals surface area contributed by atoms with Gasteiger partial charge < -0.3 is 14.5 Å². The highest BCUT2D eigenvalue weighted by atomic mass is 35.5. The van der Waals surface area contributed by atoms with Crippen LogP contribution in [0, 0.1) is 12.7 Å². The molecule has 1 amide bonds. The first kappa shape index (κ1) is 24.6. The van der Waals surface area contributed by atoms with Crippen LogP contribution >= 0.6 is 23.2 Å². The molecule has 4 aromatic rings. The van der Waals surface area contributed by atoms with Crippen molar-refractivity contribution in [3.05, 3.63) is 98.2 Å². The zero-order chi connectivity index (χ0) is 27.2. The summed E-state index contributed by atoms with van der Waals surface area (Å²) >= 11 is 12.5. The fraction of sp³-hybridized carbons (Fsp3) is 0.276. The van der Waals surface area contributed by atoms with Gasteiger partial charge in [0.15, 0.2) is 0 Å². The summed E-state index contributed by atoms with van der Waals surface area (Å²) in [6.07, 6.45) is 2.81. The van der Waals surface area contributed by atoms with Gasteiger partial charge in [-0.3, -0.25) is 10.1 Å². The van der Waals surface area contributed by atoms with Crippen molar-refractivity contribution in [3.8, 4) is 0 Å². The lowest BCUT2D eigenvalue weighted by Gasteiger charge is -2.40. The molecule has 7 rings (SSSR count). The molecule has 4 heterocycles. The van der Waals surface area contributed by atoms with E-state index in [9.17, 15) is 9.59 Å². The molecule has 2 aromatic carbocycles. The number of halogens is 3. The number of aromatic nitrogens is 2. The second-order valence-electron chi connectivity index (χ2n) is 10.5. The first-order valence-corrected chi connectivity index (χ1v) is 13.4. The predicted molar refractivity (Wildman–Crippen MR) is 145 cm³/mol. The number of anilines is 1. The first-order valence-electron chi connectivity index (χ1n) is 12.6. The Kier molecular flexibility index (Phi) is 5.37. The van der Waals surface area contributed by atoms with E-state index in [2.05, 4.69) is 10.6 Å². The average molecular weight is 565 g/mol. The Morgan fingerprint density at radius 2 is 2.05 bits per heavy atom. The number of carbonyl (C=O) groups excluding carboxylic acids is 2. The van der Waals surface area contributed by atoms with Crippen LogP contribution in [-0.4, -0.2) is 40.0 Å². The monoisotopic (exact) mass is 564 g/mol. The van der Waals surface area contributed by atoms with E-state index in [0.29, 0.717) is 40.3 Å². The van der Waals surface area contributed by atoms with E-state index in [0.717, 1.165) is 22.5 Å². The van der Waals surface area contributed by atoms with Gasteiger partial charge in [0, 0.05) is 53.3 Å². The Morgan fingerprint density at radius 1 is 1.23 bits per heavy atom. The van der Waals surface area contributed by atoms with Gasteiger partial charge in [-0.1, -0.05) is 41.4 Å². The van der Waals surface area contributed by atoms with Crippen LogP contribution in [0.3, 0.4) is 0 Å². The van der Waals surface area contributed by atoms with Gasteiger partial charge in [0.1, 0.15) is 17.0 Å². The minimum absolute atomic E-state index is 0.000987. The maximum atomic E-state index is 15.8. The third-order valence-electron chi connectivity index (χ3n) is 8.50. The molecule has 39 heavy (non-hydrogen) atoms. The van der Waals surface area contributed by atoms with Gasteiger partial charge in [0.2, 0.25) is 5.91 Å². The number of aryl methyl sites for hydroxylation is 1. The molecule has 0 bridgehead atoms. The number of imidazole rings is 1. The third kappa shape index (κ3) is 3.41. The van der Waals surface area contributed by atoms with Crippen molar-refractivity contribution >= 4 is 46.4 Å². The summed E-state index contributed by atoms with van der Waals surface area (Å²) in [6.45, 7) is 1.85. The molecule has 4 atom stereocenters. The van der Waals surface area contributed by atoms with Crippen LogP contribution in [0.25, 0.3) is 5.65 Å². The summed E-state index contributed by atoms with van der Waals surface area (Å²) < 4.78 is 22.7. The molecular formula is C29H23Cl2FN4O3. The number of fused-ring (bicyclic) bond motifs is 6. The molecule has 198 valence electrons. The molecule has 1 fully saturated rings. The molecule has 0 radical (unpaired) electrons. The highest BCUT2D eigenvalue weighted by Gasteiger charge is 2.63. The summed E-state index contributed by atoms with van der Waals surface area (Å²) in [5, 5.41) is 7.18. The molecule has 1 aliphatic carbocycles. The SMILES string of the molecule is COC(=O)c1cc2nc3c(n2cc1C)C[C@@H]1N[C@]2(Cc4ccc(Cl)cc4NC2=O)[C@@H](c2cccc(Cl)c2F)[C@H]31. The summed E-state index contributed by atoms with van der Waals surface area (Å²) in [4.78, 5) is 31.2. The Bertz CT molecular complexity index is 1740. The number of hydrogen-bond acceptors (Lipinski definition) is 5. The quantitative estimate of drug-likeness (QED) is 0.327. The van der Waals surface area contributed by atoms with Crippen molar-refractivity contribution in [2.75, 3.05) is 12.4 Å². The van der Waals surface area contributed by atoms with Crippen molar-refractivity contribution in [2.24, 2.45) is 0 Å². The predicted octanol–water partition coefficient (Wildman–Crippen LogP) is 5.20. The lowest BCUT2D eigenvalue weighted by molar-refractivity contribution is -0.123. The summed E-state index contributed by atoms with van der Waals surface area (Å²) in [5.74, 6) is -2.13.